The van der Waals surface area contributed by atoms with E-state index in [4.69, 9.17) is 29.8 Å². The summed E-state index contributed by atoms with van der Waals surface area (Å²) < 4.78 is 21.3. The number of rotatable bonds is 8. The standard InChI is InChI=1S/C15H29NO12/c16-8-10(22)13(7(3-19)27-14(8)25-4-5(20)1-17)28-15-12(24)11(23)9(21)6(2-18)26-15/h5-15,17-24H,1-4,16H2/t5?,6-,7-,8-,9-,10-,11+,12-,13-,14-,15+/m1/s1. The van der Waals surface area contributed by atoms with E-state index in [-0.39, 0.29) is 6.61 Å². The lowest BCUT2D eigenvalue weighted by molar-refractivity contribution is -0.347. The third-order valence-electron chi connectivity index (χ3n) is 4.70. The summed E-state index contributed by atoms with van der Waals surface area (Å²) in [6, 6.07) is -1.19. The van der Waals surface area contributed by atoms with Crippen LogP contribution < -0.4 is 5.73 Å². The van der Waals surface area contributed by atoms with Crippen LogP contribution in [0.5, 0.6) is 0 Å². The zero-order chi connectivity index (χ0) is 21.0. The first-order valence-corrected chi connectivity index (χ1v) is 8.81. The van der Waals surface area contributed by atoms with E-state index in [0.717, 1.165) is 0 Å². The molecule has 0 aliphatic carbocycles. The summed E-state index contributed by atoms with van der Waals surface area (Å²) >= 11 is 0. The van der Waals surface area contributed by atoms with Crippen LogP contribution in [-0.4, -0.2) is 135 Å². The summed E-state index contributed by atoms with van der Waals surface area (Å²) in [6.07, 6.45) is -14.2. The van der Waals surface area contributed by atoms with Crippen LogP contribution in [0.4, 0.5) is 0 Å². The first-order valence-electron chi connectivity index (χ1n) is 8.81. The molecule has 13 heteroatoms. The molecule has 2 saturated heterocycles. The minimum absolute atomic E-state index is 0.335. The van der Waals surface area contributed by atoms with Crippen molar-refractivity contribution in [1.82, 2.24) is 0 Å². The molecule has 0 aromatic heterocycles. The summed E-state index contributed by atoms with van der Waals surface area (Å²) in [4.78, 5) is 0. The summed E-state index contributed by atoms with van der Waals surface area (Å²) in [5.74, 6) is 0. The number of ether oxygens (including phenoxy) is 4. The van der Waals surface area contributed by atoms with Crippen LogP contribution in [0.15, 0.2) is 0 Å². The molecular weight excluding hydrogens is 386 g/mol. The monoisotopic (exact) mass is 415 g/mol. The Bertz CT molecular complexity index is 468. The minimum atomic E-state index is -1.71. The van der Waals surface area contributed by atoms with Crippen molar-refractivity contribution in [2.24, 2.45) is 5.73 Å². The predicted octanol–water partition coefficient (Wildman–Crippen LogP) is -6.05. The molecule has 166 valence electrons. The van der Waals surface area contributed by atoms with Gasteiger partial charge in [0.05, 0.1) is 32.5 Å². The highest BCUT2D eigenvalue weighted by molar-refractivity contribution is 4.95. The van der Waals surface area contributed by atoms with E-state index in [1.54, 1.807) is 0 Å². The summed E-state index contributed by atoms with van der Waals surface area (Å²) in [5, 5.41) is 77.1. The van der Waals surface area contributed by atoms with Crippen molar-refractivity contribution in [2.75, 3.05) is 26.4 Å². The lowest BCUT2D eigenvalue weighted by Crippen LogP contribution is -2.66. The van der Waals surface area contributed by atoms with E-state index in [2.05, 4.69) is 0 Å². The van der Waals surface area contributed by atoms with Gasteiger partial charge in [-0.25, -0.2) is 0 Å². The fourth-order valence-corrected chi connectivity index (χ4v) is 3.00. The summed E-state index contributed by atoms with van der Waals surface area (Å²) in [7, 11) is 0. The molecule has 2 aliphatic heterocycles. The van der Waals surface area contributed by atoms with Gasteiger partial charge in [0, 0.05) is 0 Å². The molecule has 2 aliphatic rings. The van der Waals surface area contributed by atoms with E-state index >= 15 is 0 Å². The Hall–Kier alpha value is -0.520. The quantitative estimate of drug-likeness (QED) is 0.180. The van der Waals surface area contributed by atoms with Gasteiger partial charge in [0.1, 0.15) is 48.8 Å². The van der Waals surface area contributed by atoms with Crippen molar-refractivity contribution in [3.8, 4) is 0 Å². The first-order chi connectivity index (χ1) is 13.2. The van der Waals surface area contributed by atoms with Crippen molar-refractivity contribution >= 4 is 0 Å². The number of aliphatic hydroxyl groups excluding tert-OH is 8. The van der Waals surface area contributed by atoms with Gasteiger partial charge in [-0.15, -0.1) is 0 Å². The molecule has 2 heterocycles. The Morgan fingerprint density at radius 2 is 1.43 bits per heavy atom. The Morgan fingerprint density at radius 1 is 0.821 bits per heavy atom. The zero-order valence-corrected chi connectivity index (χ0v) is 15.0. The normalized spacial score (nSPS) is 45.8. The van der Waals surface area contributed by atoms with Crippen molar-refractivity contribution in [2.45, 2.75) is 67.5 Å². The Labute approximate surface area is 160 Å². The maximum absolute atomic E-state index is 10.5. The van der Waals surface area contributed by atoms with Gasteiger partial charge in [-0.3, -0.25) is 0 Å². The second-order valence-corrected chi connectivity index (χ2v) is 6.76. The minimum Gasteiger partial charge on any atom is -0.394 e. The largest absolute Gasteiger partial charge is 0.394 e. The molecule has 0 aromatic carbocycles. The molecule has 13 nitrogen and oxygen atoms in total. The molecule has 10 N–H and O–H groups in total. The molecule has 2 rings (SSSR count). The second kappa shape index (κ2) is 10.5. The van der Waals surface area contributed by atoms with Gasteiger partial charge < -0.3 is 65.5 Å². The highest BCUT2D eigenvalue weighted by atomic mass is 16.7. The molecule has 2 fully saturated rings. The van der Waals surface area contributed by atoms with Crippen LogP contribution in [0.25, 0.3) is 0 Å². The smallest absolute Gasteiger partial charge is 0.187 e. The number of hydrogen-bond acceptors (Lipinski definition) is 13. The summed E-state index contributed by atoms with van der Waals surface area (Å²) in [5.41, 5.74) is 5.86. The Balaban J connectivity index is 2.06. The van der Waals surface area contributed by atoms with E-state index in [1.165, 1.54) is 0 Å². The molecule has 0 bridgehead atoms. The van der Waals surface area contributed by atoms with Gasteiger partial charge in [0.15, 0.2) is 12.6 Å². The van der Waals surface area contributed by atoms with Gasteiger partial charge in [-0.05, 0) is 0 Å². The van der Waals surface area contributed by atoms with Crippen LogP contribution in [-0.2, 0) is 18.9 Å². The van der Waals surface area contributed by atoms with Gasteiger partial charge in [0.25, 0.3) is 0 Å². The fraction of sp³-hybridized carbons (Fsp3) is 1.00. The Morgan fingerprint density at radius 3 is 2.00 bits per heavy atom. The lowest BCUT2D eigenvalue weighted by atomic mass is 9.96. The van der Waals surface area contributed by atoms with E-state index in [0.29, 0.717) is 0 Å². The van der Waals surface area contributed by atoms with Crippen LogP contribution in [0.2, 0.25) is 0 Å². The van der Waals surface area contributed by atoms with E-state index in [1.807, 2.05) is 0 Å². The highest BCUT2D eigenvalue weighted by Gasteiger charge is 2.50. The molecule has 0 radical (unpaired) electrons. The van der Waals surface area contributed by atoms with Crippen LogP contribution in [0.1, 0.15) is 0 Å². The van der Waals surface area contributed by atoms with Crippen molar-refractivity contribution in [3.05, 3.63) is 0 Å². The SMILES string of the molecule is N[C@H]1[C@H](OCC(O)CO)O[C@H](CO)[C@@H](O[C@@H]2O[C@H](CO)[C@@H](O)[C@H](O)[C@H]2O)[C@@H]1O. The predicted molar refractivity (Wildman–Crippen MR) is 87.4 cm³/mol. The highest BCUT2D eigenvalue weighted by Crippen LogP contribution is 2.28. The third kappa shape index (κ3) is 5.14. The molecule has 28 heavy (non-hydrogen) atoms. The average Bonchev–Trinajstić information content (AvgIpc) is 2.70. The zero-order valence-electron chi connectivity index (χ0n) is 15.0. The topological polar surface area (TPSA) is 225 Å². The molecule has 0 amide bonds. The second-order valence-electron chi connectivity index (χ2n) is 6.76. The fourth-order valence-electron chi connectivity index (χ4n) is 3.00. The molecule has 11 atom stereocenters. The van der Waals surface area contributed by atoms with E-state index < -0.39 is 87.3 Å². The summed E-state index contributed by atoms with van der Waals surface area (Å²) in [6.45, 7) is -2.20. The maximum atomic E-state index is 10.5. The van der Waals surface area contributed by atoms with Gasteiger partial charge in [0.2, 0.25) is 0 Å². The molecule has 0 spiro atoms. The maximum Gasteiger partial charge on any atom is 0.187 e. The number of aliphatic hydroxyl groups is 8. The van der Waals surface area contributed by atoms with Gasteiger partial charge in [-0.2, -0.15) is 0 Å². The van der Waals surface area contributed by atoms with Gasteiger partial charge >= 0.3 is 0 Å². The van der Waals surface area contributed by atoms with Crippen molar-refractivity contribution in [1.29, 1.82) is 0 Å². The van der Waals surface area contributed by atoms with E-state index in [9.17, 15) is 35.7 Å². The number of hydrogen-bond donors (Lipinski definition) is 9. The van der Waals surface area contributed by atoms with Crippen LogP contribution in [0.3, 0.4) is 0 Å². The molecule has 0 aromatic rings. The molecular formula is C15H29NO12. The van der Waals surface area contributed by atoms with Crippen LogP contribution in [0, 0.1) is 0 Å². The van der Waals surface area contributed by atoms with Crippen LogP contribution >= 0.6 is 0 Å². The lowest BCUT2D eigenvalue weighted by Gasteiger charge is -2.46. The molecule has 0 saturated carbocycles. The third-order valence-corrected chi connectivity index (χ3v) is 4.70. The number of nitrogens with two attached hydrogens (primary N) is 1. The average molecular weight is 415 g/mol. The first kappa shape index (κ1) is 23.8. The molecule has 1 unspecified atom stereocenters. The Kier molecular flexibility index (Phi) is 8.90. The van der Waals surface area contributed by atoms with Crippen molar-refractivity contribution < 1.29 is 59.8 Å². The van der Waals surface area contributed by atoms with Gasteiger partial charge in [-0.1, -0.05) is 0 Å². The van der Waals surface area contributed by atoms with Crippen molar-refractivity contribution in [3.63, 3.8) is 0 Å².